The van der Waals surface area contributed by atoms with Gasteiger partial charge in [-0.05, 0) is 41.8 Å². The van der Waals surface area contributed by atoms with Crippen molar-refractivity contribution in [2.75, 3.05) is 5.32 Å². The van der Waals surface area contributed by atoms with E-state index in [1.54, 1.807) is 0 Å². The largest absolute Gasteiger partial charge is 0.505 e. The zero-order chi connectivity index (χ0) is 36.7. The fraction of sp³-hybridized carbons (Fsp3) is 0.0400. The Balaban J connectivity index is 0.00000702. The van der Waals surface area contributed by atoms with E-state index < -0.39 is 71.3 Å². The quantitative estimate of drug-likeness (QED) is 0.0173. The van der Waals surface area contributed by atoms with E-state index >= 15 is 0 Å². The van der Waals surface area contributed by atoms with Gasteiger partial charge in [-0.3, -0.25) is 19.5 Å². The zero-order valence-electron chi connectivity index (χ0n) is 24.7. The second-order valence-electron chi connectivity index (χ2n) is 9.20. The van der Waals surface area contributed by atoms with Crippen LogP contribution < -0.4 is 5.32 Å². The summed E-state index contributed by atoms with van der Waals surface area (Å²) in [5.74, 6) is -4.02. The predicted octanol–water partition coefficient (Wildman–Crippen LogP) is 6.75. The van der Waals surface area contributed by atoms with Gasteiger partial charge >= 0.3 is 5.97 Å². The second-order valence-corrected chi connectivity index (χ2v) is 12.1. The fourth-order valence-electron chi connectivity index (χ4n) is 4.07. The average Bonchev–Trinajstić information content (AvgIpc) is 3.05. The smallest absolute Gasteiger partial charge is 0.338 e. The summed E-state index contributed by atoms with van der Waals surface area (Å²) in [5.41, 5.74) is -2.85. The van der Waals surface area contributed by atoms with Crippen LogP contribution in [0.4, 0.5) is 34.1 Å². The van der Waals surface area contributed by atoms with Crippen LogP contribution >= 0.6 is 24.1 Å². The number of nitrogens with zero attached hydrogens (tertiary/aromatic N) is 5. The Morgan fingerprint density at radius 1 is 0.863 bits per heavy atom. The van der Waals surface area contributed by atoms with E-state index in [0.717, 1.165) is 36.4 Å². The van der Waals surface area contributed by atoms with E-state index in [9.17, 15) is 48.0 Å². The number of phenols is 2. The van der Waals surface area contributed by atoms with Gasteiger partial charge in [-0.15, -0.1) is 29.1 Å². The molecule has 0 saturated carbocycles. The molecule has 0 saturated heterocycles. The number of amides is 1. The first kappa shape index (κ1) is 40.6. The van der Waals surface area contributed by atoms with Crippen LogP contribution in [-0.2, 0) is 50.4 Å². The van der Waals surface area contributed by atoms with E-state index in [4.69, 9.17) is 10.5 Å². The molecule has 7 N–H and O–H groups in total. The minimum absolute atomic E-state index is 0. The summed E-state index contributed by atoms with van der Waals surface area (Å²) in [6.45, 7) is 1.20. The van der Waals surface area contributed by atoms with Crippen molar-refractivity contribution in [1.29, 1.82) is 0 Å². The molecular formula is C25H18CoN6O16S3. The van der Waals surface area contributed by atoms with Gasteiger partial charge in [0, 0.05) is 41.5 Å². The van der Waals surface area contributed by atoms with Gasteiger partial charge in [0.1, 0.15) is 27.6 Å². The number of nitrogens with one attached hydrogen (secondary N) is 1. The number of aromatic carboxylic acids is 1. The molecule has 0 heterocycles. The van der Waals surface area contributed by atoms with Crippen LogP contribution in [0.25, 0.3) is 10.8 Å². The van der Waals surface area contributed by atoms with E-state index in [0.29, 0.717) is 0 Å². The van der Waals surface area contributed by atoms with Crippen molar-refractivity contribution in [3.8, 4) is 11.5 Å². The maximum atomic E-state index is 12.4. The van der Waals surface area contributed by atoms with Gasteiger partial charge in [-0.25, -0.2) is 15.3 Å². The summed E-state index contributed by atoms with van der Waals surface area (Å²) < 4.78 is 43.4. The van der Waals surface area contributed by atoms with Crippen LogP contribution in [0.5, 0.6) is 11.5 Å². The monoisotopic (exact) mass is 813 g/mol. The molecule has 271 valence electrons. The number of azo groups is 2. The van der Waals surface area contributed by atoms with Gasteiger partial charge in [0.05, 0.1) is 49.7 Å². The molecule has 0 spiro atoms. The molecule has 0 bridgehead atoms. The number of fused-ring (bicyclic) bond motifs is 1. The summed E-state index contributed by atoms with van der Waals surface area (Å²) in [6, 6.07) is 8.28. The van der Waals surface area contributed by atoms with Gasteiger partial charge in [0.2, 0.25) is 5.91 Å². The summed E-state index contributed by atoms with van der Waals surface area (Å²) in [7, 11) is -5.21. The Kier molecular flexibility index (Phi) is 13.8. The van der Waals surface area contributed by atoms with Crippen LogP contribution in [0.15, 0.2) is 83.7 Å². The topological polar surface area (TPSA) is 331 Å². The summed E-state index contributed by atoms with van der Waals surface area (Å²) in [6.07, 6.45) is 0. The molecule has 4 aromatic rings. The van der Waals surface area contributed by atoms with Gasteiger partial charge < -0.3 is 20.6 Å². The Bertz CT molecular complexity index is 2190. The summed E-state index contributed by atoms with van der Waals surface area (Å²) in [4.78, 5) is 32.2. The maximum Gasteiger partial charge on any atom is 0.338 e. The molecule has 4 rings (SSSR count). The van der Waals surface area contributed by atoms with E-state index in [1.165, 1.54) is 19.1 Å². The SMILES string of the molecule is CC(=O)Nc1ccc(N=Nc2c(SOOO)cc3cc(S(=O)(=O)O)c(N=Nc4ccc([N+](=O)[O-])cc4SOOO)c(O)c3c2O)c(C(=O)O)c1.[Co]. The number of nitro benzene ring substituents is 1. The first-order valence-electron chi connectivity index (χ1n) is 12.8. The van der Waals surface area contributed by atoms with Crippen LogP contribution in [0.3, 0.4) is 0 Å². The zero-order valence-corrected chi connectivity index (χ0v) is 28.2. The molecule has 0 aliphatic rings. The van der Waals surface area contributed by atoms with Crippen LogP contribution in [0, 0.1) is 10.1 Å². The van der Waals surface area contributed by atoms with E-state index in [1.807, 2.05) is 0 Å². The van der Waals surface area contributed by atoms with Crippen LogP contribution in [0.1, 0.15) is 17.3 Å². The van der Waals surface area contributed by atoms with Crippen molar-refractivity contribution >= 4 is 91.0 Å². The maximum absolute atomic E-state index is 12.4. The second kappa shape index (κ2) is 17.4. The third kappa shape index (κ3) is 9.69. The third-order valence-corrected chi connectivity index (χ3v) is 8.18. The first-order chi connectivity index (χ1) is 23.7. The van der Waals surface area contributed by atoms with Crippen molar-refractivity contribution in [2.24, 2.45) is 20.5 Å². The number of hydrogen-bond donors (Lipinski definition) is 7. The van der Waals surface area contributed by atoms with Crippen molar-refractivity contribution in [3.05, 3.63) is 64.2 Å². The van der Waals surface area contributed by atoms with Gasteiger partial charge in [0.15, 0.2) is 11.5 Å². The molecular weight excluding hydrogens is 795 g/mol. The number of aromatic hydroxyl groups is 2. The van der Waals surface area contributed by atoms with Gasteiger partial charge in [-0.2, -0.15) is 8.42 Å². The van der Waals surface area contributed by atoms with Crippen LogP contribution in [0.2, 0.25) is 0 Å². The van der Waals surface area contributed by atoms with Crippen molar-refractivity contribution in [2.45, 2.75) is 21.6 Å². The molecule has 4 aromatic carbocycles. The van der Waals surface area contributed by atoms with Crippen LogP contribution in [-0.4, -0.2) is 55.6 Å². The Labute approximate surface area is 301 Å². The van der Waals surface area contributed by atoms with Gasteiger partial charge in [-0.1, -0.05) is 10.1 Å². The number of phenolic OH excluding ortho intramolecular Hbond substituents is 2. The Hall–Kier alpha value is -4.84. The third-order valence-electron chi connectivity index (χ3n) is 6.05. The number of carbonyl (C=O) groups is 2. The number of non-ortho nitro benzene ring substituents is 1. The first-order valence-corrected chi connectivity index (χ1v) is 15.7. The minimum atomic E-state index is -5.21. The Morgan fingerprint density at radius 3 is 2.04 bits per heavy atom. The molecule has 0 aromatic heterocycles. The molecule has 0 aliphatic heterocycles. The molecule has 0 unspecified atom stereocenters. The minimum Gasteiger partial charge on any atom is -0.505 e. The molecule has 1 radical (unpaired) electrons. The fourth-order valence-corrected chi connectivity index (χ4v) is 5.69. The molecule has 0 fully saturated rings. The van der Waals surface area contributed by atoms with Crippen molar-refractivity contribution in [3.63, 3.8) is 0 Å². The molecule has 0 atom stereocenters. The Morgan fingerprint density at radius 2 is 1.45 bits per heavy atom. The van der Waals surface area contributed by atoms with Gasteiger partial charge in [0.25, 0.3) is 15.8 Å². The molecule has 26 heteroatoms. The summed E-state index contributed by atoms with van der Waals surface area (Å²) >= 11 is 0.429. The average molecular weight is 814 g/mol. The number of carboxylic acid groups (broad SMARTS) is 1. The standard InChI is InChI=1S/C25H18N6O16S3.Co/c1-10(32)26-12-2-4-15(14(8-12)25(35)36)27-29-21-18(49-47-45-40)6-11-7-19(50(41,42)43)22(24(34)20(11)23(21)33)30-28-16-5-3-13(31(37)38)9-17(16)48-46-44-39;/h2-9,33-34,39-40H,1H3,(H,26,32)(H,35,36)(H,41,42,43);. The number of hydrogen-bond acceptors (Lipinski definition) is 20. The summed E-state index contributed by atoms with van der Waals surface area (Å²) in [5, 5.41) is 84.3. The predicted molar refractivity (Wildman–Crippen MR) is 168 cm³/mol. The normalized spacial score (nSPS) is 11.6. The number of rotatable bonds is 14. The number of anilines is 1. The van der Waals surface area contributed by atoms with E-state index in [-0.39, 0.29) is 73.1 Å². The molecule has 22 nitrogen and oxygen atoms in total. The van der Waals surface area contributed by atoms with E-state index in [2.05, 4.69) is 44.5 Å². The van der Waals surface area contributed by atoms with Crippen molar-refractivity contribution in [1.82, 2.24) is 0 Å². The molecule has 1 amide bonds. The number of carbonyl (C=O) groups excluding carboxylic acids is 1. The molecule has 0 aliphatic carbocycles. The number of carboxylic acids is 1. The van der Waals surface area contributed by atoms with Crippen molar-refractivity contribution < 1.29 is 88.8 Å². The number of nitro groups is 1. The molecule has 51 heavy (non-hydrogen) atoms. The number of benzene rings is 4.